The molecule has 15 heavy (non-hydrogen) atoms. The zero-order chi connectivity index (χ0) is 10.8. The third-order valence-corrected chi connectivity index (χ3v) is 2.87. The van der Waals surface area contributed by atoms with Gasteiger partial charge in [0.15, 0.2) is 4.77 Å². The summed E-state index contributed by atoms with van der Waals surface area (Å²) in [6.07, 6.45) is 2.49. The maximum Gasteiger partial charge on any atom is 0.226 e. The molecule has 1 aliphatic rings. The number of allylic oxidation sites excluding steroid dienone is 1. The van der Waals surface area contributed by atoms with Crippen LogP contribution in [-0.2, 0) is 6.54 Å². The van der Waals surface area contributed by atoms with E-state index in [1.807, 2.05) is 11.5 Å². The number of hydrogen-bond donors (Lipinski definition) is 1. The van der Waals surface area contributed by atoms with Crippen LogP contribution in [-0.4, -0.2) is 27.9 Å². The van der Waals surface area contributed by atoms with Gasteiger partial charge in [0.1, 0.15) is 0 Å². The summed E-state index contributed by atoms with van der Waals surface area (Å²) in [6, 6.07) is 0. The number of rotatable bonds is 3. The summed E-state index contributed by atoms with van der Waals surface area (Å²) in [7, 11) is 0. The van der Waals surface area contributed by atoms with Crippen LogP contribution in [0.2, 0.25) is 0 Å². The van der Waals surface area contributed by atoms with Crippen molar-refractivity contribution in [2.45, 2.75) is 26.3 Å². The van der Waals surface area contributed by atoms with E-state index in [1.165, 1.54) is 12.8 Å². The first kappa shape index (κ1) is 10.4. The highest BCUT2D eigenvalue weighted by atomic mass is 32.1. The Kier molecular flexibility index (Phi) is 2.90. The van der Waals surface area contributed by atoms with Crippen LogP contribution >= 0.6 is 12.2 Å². The standard InChI is InChI=1S/C10H16N4S/c1-8(2)7-14-9(11-12-10(14)15)13-5-3-4-6-13/h1,3-7H2,2H3,(H,12,15). The smallest absolute Gasteiger partial charge is 0.226 e. The van der Waals surface area contributed by atoms with Crippen molar-refractivity contribution < 1.29 is 0 Å². The first-order valence-electron chi connectivity index (χ1n) is 5.23. The summed E-state index contributed by atoms with van der Waals surface area (Å²) in [5.74, 6) is 0.959. The summed E-state index contributed by atoms with van der Waals surface area (Å²) < 4.78 is 2.70. The molecule has 0 spiro atoms. The van der Waals surface area contributed by atoms with E-state index in [0.29, 0.717) is 4.77 Å². The second kappa shape index (κ2) is 4.18. The SMILES string of the molecule is C=C(C)Cn1c(N2CCCC2)n[nH]c1=S. The zero-order valence-corrected chi connectivity index (χ0v) is 9.81. The maximum atomic E-state index is 5.20. The molecule has 1 aromatic rings. The van der Waals surface area contributed by atoms with Gasteiger partial charge in [-0.05, 0) is 32.0 Å². The molecule has 2 heterocycles. The minimum absolute atomic E-state index is 0.680. The molecule has 1 saturated heterocycles. The Morgan fingerprint density at radius 3 is 2.80 bits per heavy atom. The second-order valence-electron chi connectivity index (χ2n) is 4.07. The molecule has 0 atom stereocenters. The van der Waals surface area contributed by atoms with E-state index >= 15 is 0 Å². The van der Waals surface area contributed by atoms with E-state index in [0.717, 1.165) is 31.2 Å². The summed E-state index contributed by atoms with van der Waals surface area (Å²) in [5.41, 5.74) is 1.09. The van der Waals surface area contributed by atoms with E-state index < -0.39 is 0 Å². The quantitative estimate of drug-likeness (QED) is 0.631. The third-order valence-electron chi connectivity index (χ3n) is 2.56. The molecule has 1 N–H and O–H groups in total. The maximum absolute atomic E-state index is 5.20. The average Bonchev–Trinajstić information content (AvgIpc) is 2.76. The van der Waals surface area contributed by atoms with Gasteiger partial charge in [-0.2, -0.15) is 0 Å². The Bertz CT molecular complexity index is 411. The van der Waals surface area contributed by atoms with Gasteiger partial charge in [-0.15, -0.1) is 5.10 Å². The van der Waals surface area contributed by atoms with Crippen molar-refractivity contribution in [2.24, 2.45) is 0 Å². The number of nitrogens with one attached hydrogen (secondary N) is 1. The van der Waals surface area contributed by atoms with Crippen LogP contribution in [0.25, 0.3) is 0 Å². The normalized spacial score (nSPS) is 15.9. The lowest BCUT2D eigenvalue weighted by Crippen LogP contribution is -2.22. The average molecular weight is 224 g/mol. The second-order valence-corrected chi connectivity index (χ2v) is 4.45. The fourth-order valence-electron chi connectivity index (χ4n) is 1.88. The first-order chi connectivity index (χ1) is 7.18. The molecule has 1 aromatic heterocycles. The number of aromatic amines is 1. The lowest BCUT2D eigenvalue weighted by molar-refractivity contribution is 0.740. The third kappa shape index (κ3) is 2.12. The molecule has 0 unspecified atom stereocenters. The van der Waals surface area contributed by atoms with Crippen molar-refractivity contribution in [3.8, 4) is 0 Å². The van der Waals surface area contributed by atoms with Gasteiger partial charge in [-0.3, -0.25) is 4.57 Å². The lowest BCUT2D eigenvalue weighted by atomic mass is 10.3. The highest BCUT2D eigenvalue weighted by molar-refractivity contribution is 7.71. The Labute approximate surface area is 94.6 Å². The van der Waals surface area contributed by atoms with Gasteiger partial charge < -0.3 is 4.90 Å². The molecule has 2 rings (SSSR count). The largest absolute Gasteiger partial charge is 0.341 e. The van der Waals surface area contributed by atoms with Gasteiger partial charge >= 0.3 is 0 Å². The molecule has 0 aromatic carbocycles. The topological polar surface area (TPSA) is 36.9 Å². The summed E-state index contributed by atoms with van der Waals surface area (Å²) in [5, 5.41) is 7.13. The number of aromatic nitrogens is 3. The van der Waals surface area contributed by atoms with Crippen LogP contribution in [0, 0.1) is 4.77 Å². The minimum Gasteiger partial charge on any atom is -0.341 e. The van der Waals surface area contributed by atoms with Gasteiger partial charge in [0.05, 0.1) is 0 Å². The van der Waals surface area contributed by atoms with Crippen LogP contribution in [0.4, 0.5) is 5.95 Å². The fraction of sp³-hybridized carbons (Fsp3) is 0.600. The molecular weight excluding hydrogens is 208 g/mol. The van der Waals surface area contributed by atoms with E-state index in [-0.39, 0.29) is 0 Å². The monoisotopic (exact) mass is 224 g/mol. The van der Waals surface area contributed by atoms with Gasteiger partial charge in [0, 0.05) is 19.6 Å². The molecule has 1 aliphatic heterocycles. The number of nitrogens with zero attached hydrogens (tertiary/aromatic N) is 3. The van der Waals surface area contributed by atoms with Crippen LogP contribution in [0.15, 0.2) is 12.2 Å². The van der Waals surface area contributed by atoms with Crippen molar-refractivity contribution in [2.75, 3.05) is 18.0 Å². The van der Waals surface area contributed by atoms with Crippen molar-refractivity contribution in [3.63, 3.8) is 0 Å². The van der Waals surface area contributed by atoms with Crippen molar-refractivity contribution in [3.05, 3.63) is 16.9 Å². The van der Waals surface area contributed by atoms with Gasteiger partial charge in [0.25, 0.3) is 0 Å². The molecular formula is C10H16N4S. The van der Waals surface area contributed by atoms with Crippen LogP contribution < -0.4 is 4.90 Å². The fourth-order valence-corrected chi connectivity index (χ4v) is 2.07. The zero-order valence-electron chi connectivity index (χ0n) is 8.99. The Morgan fingerprint density at radius 2 is 2.20 bits per heavy atom. The van der Waals surface area contributed by atoms with Crippen LogP contribution in [0.3, 0.4) is 0 Å². The number of H-pyrrole nitrogens is 1. The Morgan fingerprint density at radius 1 is 1.53 bits per heavy atom. The lowest BCUT2D eigenvalue weighted by Gasteiger charge is -2.17. The Hall–Kier alpha value is -1.10. The molecule has 1 fully saturated rings. The van der Waals surface area contributed by atoms with Gasteiger partial charge in [-0.25, -0.2) is 5.10 Å². The van der Waals surface area contributed by atoms with Crippen molar-refractivity contribution >= 4 is 18.2 Å². The summed E-state index contributed by atoms with van der Waals surface area (Å²) in [4.78, 5) is 2.27. The van der Waals surface area contributed by atoms with E-state index in [1.54, 1.807) is 0 Å². The molecule has 4 nitrogen and oxygen atoms in total. The minimum atomic E-state index is 0.680. The summed E-state index contributed by atoms with van der Waals surface area (Å²) in [6.45, 7) is 8.82. The molecule has 82 valence electrons. The predicted molar refractivity (Wildman–Crippen MR) is 63.7 cm³/mol. The van der Waals surface area contributed by atoms with Crippen LogP contribution in [0.5, 0.6) is 0 Å². The van der Waals surface area contributed by atoms with Crippen molar-refractivity contribution in [1.29, 1.82) is 0 Å². The van der Waals surface area contributed by atoms with Gasteiger partial charge in [0.2, 0.25) is 5.95 Å². The highest BCUT2D eigenvalue weighted by Crippen LogP contribution is 2.18. The number of hydrogen-bond acceptors (Lipinski definition) is 3. The van der Waals surface area contributed by atoms with Gasteiger partial charge in [-0.1, -0.05) is 12.2 Å². The van der Waals surface area contributed by atoms with Crippen molar-refractivity contribution in [1.82, 2.24) is 14.8 Å². The number of anilines is 1. The van der Waals surface area contributed by atoms with E-state index in [4.69, 9.17) is 12.2 Å². The summed E-state index contributed by atoms with van der Waals surface area (Å²) >= 11 is 5.20. The molecule has 0 amide bonds. The molecule has 0 radical (unpaired) electrons. The molecule has 0 bridgehead atoms. The van der Waals surface area contributed by atoms with E-state index in [2.05, 4.69) is 21.7 Å². The van der Waals surface area contributed by atoms with E-state index in [9.17, 15) is 0 Å². The Balaban J connectivity index is 2.30. The molecule has 0 aliphatic carbocycles. The molecule has 0 saturated carbocycles. The predicted octanol–water partition coefficient (Wildman–Crippen LogP) is 2.12. The highest BCUT2D eigenvalue weighted by Gasteiger charge is 2.18. The van der Waals surface area contributed by atoms with Crippen LogP contribution in [0.1, 0.15) is 19.8 Å². The molecule has 5 heteroatoms. The first-order valence-corrected chi connectivity index (χ1v) is 5.64.